The molecule has 6 heteroatoms. The molecule has 0 aromatic carbocycles. The Morgan fingerprint density at radius 2 is 1.44 bits per heavy atom. The normalized spacial score (nSPS) is 11.3. The van der Waals surface area contributed by atoms with Crippen LogP contribution in [0.2, 0.25) is 0 Å². The second-order valence-corrected chi connectivity index (χ2v) is 4.23. The average Bonchev–Trinajstić information content (AvgIpc) is 2.14. The fourth-order valence-corrected chi connectivity index (χ4v) is 1.32. The van der Waals surface area contributed by atoms with E-state index in [0.717, 1.165) is 0 Å². The van der Waals surface area contributed by atoms with E-state index in [0.29, 0.717) is 0 Å². The Bertz CT molecular complexity index is 266. The number of Topliss-reactive ketones (excluding diaryl/α,β-unsaturated/α-hetero) is 1. The van der Waals surface area contributed by atoms with E-state index in [1.54, 1.807) is 34.6 Å². The molecule has 0 rings (SSSR count). The second-order valence-electron chi connectivity index (χ2n) is 4.23. The van der Waals surface area contributed by atoms with Crippen molar-refractivity contribution in [1.29, 1.82) is 0 Å². The van der Waals surface area contributed by atoms with Gasteiger partial charge in [-0.2, -0.15) is 0 Å². The molecule has 0 unspecified atom stereocenters. The van der Waals surface area contributed by atoms with Crippen molar-refractivity contribution in [3.8, 4) is 0 Å². The smallest absolute Gasteiger partial charge is 0.375 e. The molecule has 0 aromatic heterocycles. The first-order chi connectivity index (χ1) is 7.76. The second kappa shape index (κ2) is 8.93. The SMILES string of the molecule is CCOC(=O)C(OC(C)C)(OC(C)C)C(C)=O.[In]. The molecule has 0 aliphatic heterocycles. The van der Waals surface area contributed by atoms with Gasteiger partial charge in [0.2, 0.25) is 5.78 Å². The summed E-state index contributed by atoms with van der Waals surface area (Å²) >= 11 is 0. The number of esters is 1. The molecule has 0 atom stereocenters. The number of hydrogen-bond acceptors (Lipinski definition) is 5. The van der Waals surface area contributed by atoms with Crippen LogP contribution in [-0.2, 0) is 23.8 Å². The molecule has 0 spiro atoms. The Morgan fingerprint density at radius 3 is 1.67 bits per heavy atom. The summed E-state index contributed by atoms with van der Waals surface area (Å²) in [5.41, 5.74) is 0. The van der Waals surface area contributed by atoms with Crippen molar-refractivity contribution in [1.82, 2.24) is 0 Å². The first-order valence-electron chi connectivity index (χ1n) is 5.80. The van der Waals surface area contributed by atoms with E-state index in [9.17, 15) is 9.59 Å². The van der Waals surface area contributed by atoms with Gasteiger partial charge >= 0.3 is 11.8 Å². The van der Waals surface area contributed by atoms with E-state index in [-0.39, 0.29) is 44.7 Å². The molecule has 0 N–H and O–H groups in total. The number of carbonyl (C=O) groups excluding carboxylic acids is 2. The van der Waals surface area contributed by atoms with Crippen molar-refractivity contribution in [3.63, 3.8) is 0 Å². The minimum Gasteiger partial charge on any atom is -0.462 e. The number of ketones is 1. The third-order valence-electron chi connectivity index (χ3n) is 1.81. The molecule has 0 amide bonds. The fraction of sp³-hybridized carbons (Fsp3) is 0.833. The zero-order valence-electron chi connectivity index (χ0n) is 12.0. The molecule has 0 bridgehead atoms. The number of hydrogen-bond donors (Lipinski definition) is 0. The van der Waals surface area contributed by atoms with Gasteiger partial charge in [-0.15, -0.1) is 0 Å². The Balaban J connectivity index is 0. The van der Waals surface area contributed by atoms with Crippen LogP contribution in [0, 0.1) is 0 Å². The summed E-state index contributed by atoms with van der Waals surface area (Å²) in [4.78, 5) is 23.6. The fourth-order valence-electron chi connectivity index (χ4n) is 1.32. The first kappa shape index (κ1) is 20.3. The molecule has 0 saturated heterocycles. The van der Waals surface area contributed by atoms with Crippen LogP contribution in [0.15, 0.2) is 0 Å². The van der Waals surface area contributed by atoms with Gasteiger partial charge in [0.05, 0.1) is 18.8 Å². The molecule has 0 saturated carbocycles. The third kappa shape index (κ3) is 5.71. The summed E-state index contributed by atoms with van der Waals surface area (Å²) < 4.78 is 15.6. The summed E-state index contributed by atoms with van der Waals surface area (Å²) in [6.45, 7) is 9.97. The Morgan fingerprint density at radius 1 is 1.06 bits per heavy atom. The Hall–Kier alpha value is -0.0699. The molecule has 0 aliphatic carbocycles. The first-order valence-corrected chi connectivity index (χ1v) is 5.80. The monoisotopic (exact) mass is 361 g/mol. The third-order valence-corrected chi connectivity index (χ3v) is 1.81. The van der Waals surface area contributed by atoms with Crippen LogP contribution < -0.4 is 0 Å². The van der Waals surface area contributed by atoms with E-state index in [1.165, 1.54) is 6.92 Å². The van der Waals surface area contributed by atoms with Crippen LogP contribution in [0.5, 0.6) is 0 Å². The van der Waals surface area contributed by atoms with Crippen LogP contribution in [0.4, 0.5) is 0 Å². The summed E-state index contributed by atoms with van der Waals surface area (Å²) in [5, 5.41) is 0. The predicted molar refractivity (Wildman–Crippen MR) is 68.2 cm³/mol. The average molecular weight is 361 g/mol. The molecule has 103 valence electrons. The number of ether oxygens (including phenoxy) is 3. The molecule has 3 radical (unpaired) electrons. The van der Waals surface area contributed by atoms with E-state index >= 15 is 0 Å². The van der Waals surface area contributed by atoms with Crippen molar-refractivity contribution in [2.75, 3.05) is 6.61 Å². The molecular formula is C12H22InO5. The Kier molecular flexibility index (Phi) is 10.1. The van der Waals surface area contributed by atoms with Gasteiger partial charge in [-0.25, -0.2) is 4.79 Å². The van der Waals surface area contributed by atoms with E-state index in [1.807, 2.05) is 0 Å². The molecule has 0 fully saturated rings. The number of rotatable bonds is 7. The van der Waals surface area contributed by atoms with Crippen molar-refractivity contribution in [3.05, 3.63) is 0 Å². The largest absolute Gasteiger partial charge is 0.462 e. The predicted octanol–water partition coefficient (Wildman–Crippen LogP) is 1.30. The van der Waals surface area contributed by atoms with Gasteiger partial charge in [-0.1, -0.05) is 0 Å². The van der Waals surface area contributed by atoms with Gasteiger partial charge in [-0.3, -0.25) is 4.79 Å². The summed E-state index contributed by atoms with van der Waals surface area (Å²) in [7, 11) is 0. The van der Waals surface area contributed by atoms with Gasteiger partial charge in [0.1, 0.15) is 0 Å². The van der Waals surface area contributed by atoms with Gasteiger partial charge in [0, 0.05) is 32.8 Å². The molecular weight excluding hydrogens is 339 g/mol. The number of carbonyl (C=O) groups is 2. The maximum atomic E-state index is 11.9. The minimum atomic E-state index is -1.95. The van der Waals surface area contributed by atoms with Crippen LogP contribution in [0.1, 0.15) is 41.5 Å². The van der Waals surface area contributed by atoms with Crippen molar-refractivity contribution in [2.45, 2.75) is 59.5 Å². The van der Waals surface area contributed by atoms with E-state index in [4.69, 9.17) is 14.2 Å². The van der Waals surface area contributed by atoms with Gasteiger partial charge in [0.25, 0.3) is 0 Å². The maximum Gasteiger partial charge on any atom is 0.375 e. The van der Waals surface area contributed by atoms with Crippen molar-refractivity contribution in [2.24, 2.45) is 0 Å². The minimum absolute atomic E-state index is 0. The van der Waals surface area contributed by atoms with Crippen molar-refractivity contribution < 1.29 is 23.8 Å². The van der Waals surface area contributed by atoms with Gasteiger partial charge < -0.3 is 14.2 Å². The molecule has 0 heterocycles. The summed E-state index contributed by atoms with van der Waals surface area (Å²) in [5.74, 6) is -3.26. The maximum absolute atomic E-state index is 11.9. The van der Waals surface area contributed by atoms with Crippen molar-refractivity contribution >= 4 is 37.6 Å². The van der Waals surface area contributed by atoms with Crippen LogP contribution >= 0.6 is 0 Å². The van der Waals surface area contributed by atoms with Crippen LogP contribution in [0.3, 0.4) is 0 Å². The standard InChI is InChI=1S/C12H22O5.In/c1-7-15-11(14)12(10(6)13,16-8(2)3)17-9(4)5;/h8-9H,7H2,1-6H3;. The molecule has 0 aliphatic rings. The zero-order valence-corrected chi connectivity index (χ0v) is 15.3. The van der Waals surface area contributed by atoms with E-state index in [2.05, 4.69) is 0 Å². The van der Waals surface area contributed by atoms with Gasteiger partial charge in [0.15, 0.2) is 0 Å². The topological polar surface area (TPSA) is 61.8 Å². The van der Waals surface area contributed by atoms with Crippen LogP contribution in [0.25, 0.3) is 0 Å². The molecule has 5 nitrogen and oxygen atoms in total. The zero-order chi connectivity index (χ0) is 13.6. The van der Waals surface area contributed by atoms with Crippen LogP contribution in [-0.4, -0.2) is 62.2 Å². The van der Waals surface area contributed by atoms with Gasteiger partial charge in [-0.05, 0) is 34.6 Å². The van der Waals surface area contributed by atoms with E-state index < -0.39 is 17.5 Å². The summed E-state index contributed by atoms with van der Waals surface area (Å²) in [6.07, 6.45) is -0.663. The molecule has 0 aromatic rings. The molecule has 18 heavy (non-hydrogen) atoms. The summed E-state index contributed by atoms with van der Waals surface area (Å²) in [6, 6.07) is 0. The quantitative estimate of drug-likeness (QED) is 0.389. The Labute approximate surface area is 127 Å².